The Kier molecular flexibility index (Phi) is 4.12. The Morgan fingerprint density at radius 2 is 2.18 bits per heavy atom. The van der Waals surface area contributed by atoms with E-state index in [4.69, 9.17) is 10.6 Å². The van der Waals surface area contributed by atoms with Gasteiger partial charge in [-0.3, -0.25) is 10.6 Å². The van der Waals surface area contributed by atoms with E-state index in [1.807, 2.05) is 30.3 Å². The molecule has 0 aromatic heterocycles. The van der Waals surface area contributed by atoms with Crippen LogP contribution in [0, 0.1) is 5.92 Å². The molecule has 1 saturated heterocycles. The van der Waals surface area contributed by atoms with Gasteiger partial charge in [-0.15, -0.1) is 0 Å². The van der Waals surface area contributed by atoms with E-state index in [1.54, 1.807) is 5.01 Å². The van der Waals surface area contributed by atoms with Gasteiger partial charge in [0.2, 0.25) is 0 Å². The molecule has 4 heteroatoms. The summed E-state index contributed by atoms with van der Waals surface area (Å²) in [5.74, 6) is 5.49. The molecule has 1 aromatic rings. The molecule has 1 fully saturated rings. The topological polar surface area (TPSA) is 55.6 Å². The second-order valence-electron chi connectivity index (χ2n) is 4.43. The van der Waals surface area contributed by atoms with Crippen LogP contribution in [0.5, 0.6) is 0 Å². The maximum absolute atomic E-state index is 11.8. The predicted octanol–water partition coefficient (Wildman–Crippen LogP) is 1.32. The zero-order chi connectivity index (χ0) is 12.1. The van der Waals surface area contributed by atoms with Gasteiger partial charge in [0.05, 0.1) is 5.92 Å². The second kappa shape index (κ2) is 5.80. The maximum atomic E-state index is 11.8. The molecule has 2 N–H and O–H groups in total. The van der Waals surface area contributed by atoms with Gasteiger partial charge in [0.15, 0.2) is 0 Å². The number of ether oxygens (including phenoxy) is 1. The smallest absolute Gasteiger partial charge is 0.310 e. The van der Waals surface area contributed by atoms with E-state index in [9.17, 15) is 4.79 Å². The lowest BCUT2D eigenvalue weighted by atomic mass is 9.99. The Hall–Kier alpha value is -1.39. The van der Waals surface area contributed by atoms with Crippen molar-refractivity contribution in [3.05, 3.63) is 35.9 Å². The minimum Gasteiger partial charge on any atom is -0.461 e. The van der Waals surface area contributed by atoms with Gasteiger partial charge in [0, 0.05) is 13.1 Å². The standard InChI is InChI=1S/C13H18N2O2/c14-15-8-4-7-12(9-15)13(16)17-10-11-5-2-1-3-6-11/h1-3,5-6,12H,4,7-10,14H2/t12-/m1/s1. The summed E-state index contributed by atoms with van der Waals surface area (Å²) in [6, 6.07) is 9.71. The Morgan fingerprint density at radius 3 is 2.88 bits per heavy atom. The van der Waals surface area contributed by atoms with E-state index in [-0.39, 0.29) is 11.9 Å². The highest BCUT2D eigenvalue weighted by atomic mass is 16.5. The van der Waals surface area contributed by atoms with Crippen LogP contribution in [0.4, 0.5) is 0 Å². The summed E-state index contributed by atoms with van der Waals surface area (Å²) in [5.41, 5.74) is 1.02. The first-order chi connectivity index (χ1) is 8.25. The number of nitrogens with zero attached hydrogens (tertiary/aromatic N) is 1. The van der Waals surface area contributed by atoms with Crippen LogP contribution in [-0.4, -0.2) is 24.1 Å². The minimum atomic E-state index is -0.135. The number of carbonyl (C=O) groups excluding carboxylic acids is 1. The molecule has 0 spiro atoms. The summed E-state index contributed by atoms with van der Waals surface area (Å²) in [7, 11) is 0. The summed E-state index contributed by atoms with van der Waals surface area (Å²) in [5, 5.41) is 1.69. The minimum absolute atomic E-state index is 0.0718. The van der Waals surface area contributed by atoms with E-state index in [0.29, 0.717) is 13.2 Å². The normalized spacial score (nSPS) is 21.1. The van der Waals surface area contributed by atoms with E-state index in [2.05, 4.69) is 0 Å². The Labute approximate surface area is 101 Å². The SMILES string of the molecule is NN1CCC[C@@H](C(=O)OCc2ccccc2)C1. The van der Waals surface area contributed by atoms with Crippen LogP contribution in [0.1, 0.15) is 18.4 Å². The van der Waals surface area contributed by atoms with Gasteiger partial charge in [-0.25, -0.2) is 5.01 Å². The summed E-state index contributed by atoms with van der Waals surface area (Å²) < 4.78 is 5.29. The van der Waals surface area contributed by atoms with Crippen molar-refractivity contribution in [2.45, 2.75) is 19.4 Å². The van der Waals surface area contributed by atoms with Crippen LogP contribution in [-0.2, 0) is 16.1 Å². The van der Waals surface area contributed by atoms with E-state index < -0.39 is 0 Å². The highest BCUT2D eigenvalue weighted by Gasteiger charge is 2.25. The third kappa shape index (κ3) is 3.54. The first-order valence-corrected chi connectivity index (χ1v) is 5.96. The van der Waals surface area contributed by atoms with Crippen LogP contribution in [0.3, 0.4) is 0 Å². The molecular formula is C13H18N2O2. The first-order valence-electron chi connectivity index (χ1n) is 5.96. The molecule has 92 valence electrons. The Bertz CT molecular complexity index is 367. The number of rotatable bonds is 3. The molecule has 2 rings (SSSR count). The number of hydrazine groups is 1. The first kappa shape index (κ1) is 12.1. The molecule has 1 aliphatic rings. The molecule has 0 aliphatic carbocycles. The fourth-order valence-electron chi connectivity index (χ4n) is 2.05. The van der Waals surface area contributed by atoms with Crippen molar-refractivity contribution in [3.8, 4) is 0 Å². The summed E-state index contributed by atoms with van der Waals surface area (Å²) >= 11 is 0. The Morgan fingerprint density at radius 1 is 1.41 bits per heavy atom. The number of esters is 1. The summed E-state index contributed by atoms with van der Waals surface area (Å²) in [4.78, 5) is 11.8. The molecule has 1 heterocycles. The van der Waals surface area contributed by atoms with Gasteiger partial charge in [-0.2, -0.15) is 0 Å². The van der Waals surface area contributed by atoms with Gasteiger partial charge in [0.25, 0.3) is 0 Å². The highest BCUT2D eigenvalue weighted by Crippen LogP contribution is 2.16. The van der Waals surface area contributed by atoms with Crippen molar-refractivity contribution in [2.75, 3.05) is 13.1 Å². The van der Waals surface area contributed by atoms with Gasteiger partial charge in [0.1, 0.15) is 6.61 Å². The van der Waals surface area contributed by atoms with Crippen molar-refractivity contribution in [1.82, 2.24) is 5.01 Å². The average molecular weight is 234 g/mol. The average Bonchev–Trinajstić information content (AvgIpc) is 2.37. The number of carbonyl (C=O) groups is 1. The molecule has 1 atom stereocenters. The molecule has 0 radical (unpaired) electrons. The number of benzene rings is 1. The van der Waals surface area contributed by atoms with Gasteiger partial charge in [-0.1, -0.05) is 30.3 Å². The van der Waals surface area contributed by atoms with Gasteiger partial charge >= 0.3 is 5.97 Å². The number of hydrogen-bond acceptors (Lipinski definition) is 4. The third-order valence-electron chi connectivity index (χ3n) is 3.01. The lowest BCUT2D eigenvalue weighted by Gasteiger charge is -2.27. The van der Waals surface area contributed by atoms with Gasteiger partial charge < -0.3 is 4.74 Å². The zero-order valence-electron chi connectivity index (χ0n) is 9.84. The van der Waals surface area contributed by atoms with Crippen molar-refractivity contribution >= 4 is 5.97 Å². The van der Waals surface area contributed by atoms with E-state index in [1.165, 1.54) is 0 Å². The second-order valence-corrected chi connectivity index (χ2v) is 4.43. The van der Waals surface area contributed by atoms with Crippen molar-refractivity contribution in [1.29, 1.82) is 0 Å². The summed E-state index contributed by atoms with van der Waals surface area (Å²) in [6.45, 7) is 1.82. The molecule has 1 aliphatic heterocycles. The number of nitrogens with two attached hydrogens (primary N) is 1. The quantitative estimate of drug-likeness (QED) is 0.633. The monoisotopic (exact) mass is 234 g/mol. The molecule has 0 amide bonds. The molecule has 17 heavy (non-hydrogen) atoms. The van der Waals surface area contributed by atoms with Crippen molar-refractivity contribution in [2.24, 2.45) is 11.8 Å². The molecular weight excluding hydrogens is 216 g/mol. The molecule has 0 saturated carbocycles. The van der Waals surface area contributed by atoms with Crippen LogP contribution < -0.4 is 5.84 Å². The van der Waals surface area contributed by atoms with Crippen LogP contribution in [0.15, 0.2) is 30.3 Å². The van der Waals surface area contributed by atoms with E-state index in [0.717, 1.165) is 24.9 Å². The third-order valence-corrected chi connectivity index (χ3v) is 3.01. The van der Waals surface area contributed by atoms with Crippen LogP contribution in [0.25, 0.3) is 0 Å². The fraction of sp³-hybridized carbons (Fsp3) is 0.462. The highest BCUT2D eigenvalue weighted by molar-refractivity contribution is 5.72. The van der Waals surface area contributed by atoms with Crippen molar-refractivity contribution in [3.63, 3.8) is 0 Å². The maximum Gasteiger partial charge on any atom is 0.310 e. The fourth-order valence-corrected chi connectivity index (χ4v) is 2.05. The zero-order valence-corrected chi connectivity index (χ0v) is 9.84. The number of piperidine rings is 1. The molecule has 4 nitrogen and oxygen atoms in total. The predicted molar refractivity (Wildman–Crippen MR) is 64.7 cm³/mol. The summed E-state index contributed by atoms with van der Waals surface area (Å²) in [6.07, 6.45) is 1.84. The largest absolute Gasteiger partial charge is 0.461 e. The Balaban J connectivity index is 1.81. The van der Waals surface area contributed by atoms with Gasteiger partial charge in [-0.05, 0) is 18.4 Å². The van der Waals surface area contributed by atoms with E-state index >= 15 is 0 Å². The molecule has 0 bridgehead atoms. The van der Waals surface area contributed by atoms with Crippen LogP contribution >= 0.6 is 0 Å². The van der Waals surface area contributed by atoms with Crippen molar-refractivity contribution < 1.29 is 9.53 Å². The molecule has 0 unspecified atom stereocenters. The lowest BCUT2D eigenvalue weighted by molar-refractivity contribution is -0.151. The number of hydrogen-bond donors (Lipinski definition) is 1. The molecule has 1 aromatic carbocycles. The lowest BCUT2D eigenvalue weighted by Crippen LogP contribution is -2.43. The van der Waals surface area contributed by atoms with Crippen LogP contribution in [0.2, 0.25) is 0 Å².